The molecule has 0 saturated heterocycles. The third-order valence-corrected chi connectivity index (χ3v) is 9.64. The van der Waals surface area contributed by atoms with E-state index in [1.165, 1.54) is 22.7 Å². The number of hydrogen-bond acceptors (Lipinski definition) is 5. The number of aromatic nitrogens is 2. The van der Waals surface area contributed by atoms with Gasteiger partial charge < -0.3 is 9.88 Å². The van der Waals surface area contributed by atoms with E-state index in [1.807, 2.05) is 97.2 Å². The standard InChI is InChI=1S/C34H25ClN4O2S2/c1-21-30(32(40)37-25-8-3-2-4-9-25)31(28-12-7-17-42-28)39-33(41)29(43-34(39)36-21)18-23-20-38(27-11-6-5-10-26(23)27)19-22-13-15-24(35)16-14-22/h2-18,20,31H,19H2,1H3,(H,37,40)/b29-18+/t31-/m0/s1. The summed E-state index contributed by atoms with van der Waals surface area (Å²) in [6.07, 6.45) is 4.03. The molecule has 1 aliphatic heterocycles. The summed E-state index contributed by atoms with van der Waals surface area (Å²) in [7, 11) is 0. The molecular formula is C34H25ClN4O2S2. The van der Waals surface area contributed by atoms with Crippen LogP contribution in [0.5, 0.6) is 0 Å². The fourth-order valence-corrected chi connectivity index (χ4v) is 7.48. The summed E-state index contributed by atoms with van der Waals surface area (Å²) in [5.74, 6) is -0.273. The van der Waals surface area contributed by atoms with Crippen molar-refractivity contribution in [2.45, 2.75) is 19.5 Å². The Bertz CT molecular complexity index is 2190. The van der Waals surface area contributed by atoms with E-state index >= 15 is 0 Å². The number of fused-ring (bicyclic) bond motifs is 2. The molecule has 0 spiro atoms. The first-order valence-electron chi connectivity index (χ1n) is 13.7. The molecule has 4 heterocycles. The third-order valence-electron chi connectivity index (χ3n) is 7.48. The Kier molecular flexibility index (Phi) is 7.18. The highest BCUT2D eigenvalue weighted by Crippen LogP contribution is 2.33. The highest BCUT2D eigenvalue weighted by molar-refractivity contribution is 7.10. The van der Waals surface area contributed by atoms with Gasteiger partial charge in [-0.1, -0.05) is 77.5 Å². The van der Waals surface area contributed by atoms with Crippen molar-refractivity contribution in [2.75, 3.05) is 5.32 Å². The predicted molar refractivity (Wildman–Crippen MR) is 176 cm³/mol. The van der Waals surface area contributed by atoms with Gasteiger partial charge in [0.25, 0.3) is 11.5 Å². The first-order valence-corrected chi connectivity index (χ1v) is 15.8. The molecule has 3 aromatic heterocycles. The molecule has 0 aliphatic carbocycles. The van der Waals surface area contributed by atoms with Crippen molar-refractivity contribution in [3.05, 3.63) is 155 Å². The Morgan fingerprint density at radius 3 is 2.53 bits per heavy atom. The van der Waals surface area contributed by atoms with Crippen molar-refractivity contribution in [3.8, 4) is 0 Å². The number of benzene rings is 3. The number of nitrogens with one attached hydrogen (secondary N) is 1. The van der Waals surface area contributed by atoms with E-state index in [0.29, 0.717) is 37.9 Å². The fraction of sp³-hybridized carbons (Fsp3) is 0.0882. The molecule has 6 nitrogen and oxygen atoms in total. The van der Waals surface area contributed by atoms with Crippen molar-refractivity contribution in [1.82, 2.24) is 9.13 Å². The van der Waals surface area contributed by atoms with E-state index in [2.05, 4.69) is 28.2 Å². The molecule has 1 atom stereocenters. The zero-order valence-corrected chi connectivity index (χ0v) is 25.4. The van der Waals surface area contributed by atoms with Crippen LogP contribution in [0.3, 0.4) is 0 Å². The molecule has 6 aromatic rings. The summed E-state index contributed by atoms with van der Waals surface area (Å²) in [5.41, 5.74) is 4.72. The van der Waals surface area contributed by atoms with Gasteiger partial charge in [-0.3, -0.25) is 14.2 Å². The Morgan fingerprint density at radius 1 is 1.00 bits per heavy atom. The molecule has 0 bridgehead atoms. The molecule has 0 unspecified atom stereocenters. The van der Waals surface area contributed by atoms with Gasteiger partial charge in [0, 0.05) is 44.8 Å². The highest BCUT2D eigenvalue weighted by Gasteiger charge is 2.33. The van der Waals surface area contributed by atoms with Crippen molar-refractivity contribution in [3.63, 3.8) is 0 Å². The van der Waals surface area contributed by atoms with Crippen LogP contribution in [0.25, 0.3) is 17.0 Å². The SMILES string of the molecule is CC1=C(C(=O)Nc2ccccc2)[C@H](c2cccs2)n2c(s/c(=C/c3cn(Cc4ccc(Cl)cc4)c4ccccc34)c2=O)=N1. The highest BCUT2D eigenvalue weighted by atomic mass is 35.5. The largest absolute Gasteiger partial charge is 0.342 e. The van der Waals surface area contributed by atoms with Crippen LogP contribution in [0.4, 0.5) is 5.69 Å². The minimum atomic E-state index is -0.576. The van der Waals surface area contributed by atoms with Crippen LogP contribution < -0.4 is 20.2 Å². The minimum absolute atomic E-state index is 0.172. The Morgan fingerprint density at radius 2 is 1.77 bits per heavy atom. The molecule has 1 amide bonds. The average molecular weight is 621 g/mol. The minimum Gasteiger partial charge on any atom is -0.342 e. The van der Waals surface area contributed by atoms with Crippen molar-refractivity contribution < 1.29 is 4.79 Å². The van der Waals surface area contributed by atoms with Gasteiger partial charge in [0.2, 0.25) is 0 Å². The number of rotatable bonds is 6. The van der Waals surface area contributed by atoms with Gasteiger partial charge in [0.1, 0.15) is 6.04 Å². The topological polar surface area (TPSA) is 68.4 Å². The Hall–Kier alpha value is -4.50. The van der Waals surface area contributed by atoms with Crippen LogP contribution in [-0.4, -0.2) is 15.0 Å². The number of carbonyl (C=O) groups excluding carboxylic acids is 1. The lowest BCUT2D eigenvalue weighted by atomic mass is 10.0. The summed E-state index contributed by atoms with van der Waals surface area (Å²) in [4.78, 5) is 34.1. The second-order valence-electron chi connectivity index (χ2n) is 10.3. The maximum Gasteiger partial charge on any atom is 0.271 e. The smallest absolute Gasteiger partial charge is 0.271 e. The molecule has 3 aromatic carbocycles. The van der Waals surface area contributed by atoms with Crippen molar-refractivity contribution in [2.24, 2.45) is 4.99 Å². The predicted octanol–water partition coefficient (Wildman–Crippen LogP) is 6.59. The van der Waals surface area contributed by atoms with Crippen LogP contribution in [0.15, 0.2) is 124 Å². The van der Waals surface area contributed by atoms with E-state index in [4.69, 9.17) is 16.6 Å². The Balaban J connectivity index is 1.33. The number of amides is 1. The average Bonchev–Trinajstić information content (AvgIpc) is 3.74. The zero-order chi connectivity index (χ0) is 29.5. The molecular weight excluding hydrogens is 596 g/mol. The molecule has 1 aliphatic rings. The second-order valence-corrected chi connectivity index (χ2v) is 12.7. The maximum absolute atomic E-state index is 14.1. The first kappa shape index (κ1) is 27.3. The summed E-state index contributed by atoms with van der Waals surface area (Å²) in [5, 5.41) is 6.71. The van der Waals surface area contributed by atoms with Gasteiger partial charge in [-0.25, -0.2) is 4.99 Å². The molecule has 0 saturated carbocycles. The van der Waals surface area contributed by atoms with Crippen molar-refractivity contribution in [1.29, 1.82) is 0 Å². The van der Waals surface area contributed by atoms with Gasteiger partial charge in [0.05, 0.1) is 15.8 Å². The number of carbonyl (C=O) groups is 1. The molecule has 0 radical (unpaired) electrons. The number of anilines is 1. The van der Waals surface area contributed by atoms with E-state index < -0.39 is 6.04 Å². The summed E-state index contributed by atoms with van der Waals surface area (Å²) >= 11 is 8.97. The number of para-hydroxylation sites is 2. The monoisotopic (exact) mass is 620 g/mol. The lowest BCUT2D eigenvalue weighted by molar-refractivity contribution is -0.113. The van der Waals surface area contributed by atoms with Gasteiger partial charge in [-0.2, -0.15) is 0 Å². The normalized spacial score (nSPS) is 15.0. The van der Waals surface area contributed by atoms with E-state index in [1.54, 1.807) is 4.57 Å². The molecule has 212 valence electrons. The van der Waals surface area contributed by atoms with Gasteiger partial charge in [0.15, 0.2) is 4.80 Å². The van der Waals surface area contributed by atoms with Crippen LogP contribution in [0.2, 0.25) is 5.02 Å². The number of halogens is 1. The Labute approximate surface area is 260 Å². The van der Waals surface area contributed by atoms with E-state index in [9.17, 15) is 9.59 Å². The number of nitrogens with zero attached hydrogens (tertiary/aromatic N) is 3. The van der Waals surface area contributed by atoms with Crippen molar-refractivity contribution >= 4 is 62.8 Å². The van der Waals surface area contributed by atoms with Gasteiger partial charge in [-0.05, 0) is 60.3 Å². The molecule has 43 heavy (non-hydrogen) atoms. The van der Waals surface area contributed by atoms with E-state index in [0.717, 1.165) is 26.9 Å². The zero-order valence-electron chi connectivity index (χ0n) is 23.0. The lowest BCUT2D eigenvalue weighted by Gasteiger charge is -2.24. The second kappa shape index (κ2) is 11.3. The molecule has 9 heteroatoms. The van der Waals surface area contributed by atoms with Crippen LogP contribution in [0.1, 0.15) is 29.0 Å². The molecule has 7 rings (SSSR count). The first-order chi connectivity index (χ1) is 21.0. The summed E-state index contributed by atoms with van der Waals surface area (Å²) < 4.78 is 4.42. The van der Waals surface area contributed by atoms with Crippen LogP contribution in [0, 0.1) is 0 Å². The van der Waals surface area contributed by atoms with Crippen LogP contribution >= 0.6 is 34.3 Å². The van der Waals surface area contributed by atoms with Crippen LogP contribution in [-0.2, 0) is 11.3 Å². The number of hydrogen-bond donors (Lipinski definition) is 1. The quantitative estimate of drug-likeness (QED) is 0.228. The van der Waals surface area contributed by atoms with Gasteiger partial charge in [-0.15, -0.1) is 11.3 Å². The summed E-state index contributed by atoms with van der Waals surface area (Å²) in [6.45, 7) is 2.51. The lowest BCUT2D eigenvalue weighted by Crippen LogP contribution is -2.40. The molecule has 0 fully saturated rings. The number of allylic oxidation sites excluding steroid dienone is 1. The van der Waals surface area contributed by atoms with E-state index in [-0.39, 0.29) is 11.5 Å². The maximum atomic E-state index is 14.1. The molecule has 1 N–H and O–H groups in total. The third kappa shape index (κ3) is 5.18. The summed E-state index contributed by atoms with van der Waals surface area (Å²) in [6, 6.07) is 28.7. The number of thiophene rings is 1. The number of thiazole rings is 1. The fourth-order valence-electron chi connectivity index (χ4n) is 5.50. The van der Waals surface area contributed by atoms with Gasteiger partial charge >= 0.3 is 0 Å².